The number of nitrogens with zero attached hydrogens (tertiary/aromatic N) is 4. The molecule has 7 heteroatoms. The third-order valence-electron chi connectivity index (χ3n) is 4.91. The van der Waals surface area contributed by atoms with E-state index in [1.165, 1.54) is 63.0 Å². The summed E-state index contributed by atoms with van der Waals surface area (Å²) in [6, 6.07) is 0. The summed E-state index contributed by atoms with van der Waals surface area (Å²) in [6.07, 6.45) is 11.8. The molecule has 0 amide bonds. The van der Waals surface area contributed by atoms with Gasteiger partial charge in [0.1, 0.15) is 0 Å². The van der Waals surface area contributed by atoms with Crippen LogP contribution in [0.5, 0.6) is 0 Å². The lowest BCUT2D eigenvalue weighted by Crippen LogP contribution is -2.37. The predicted octanol–water partition coefficient (Wildman–Crippen LogP) is 3.59. The molecule has 0 bridgehead atoms. The normalized spacial score (nSPS) is 11.5. The fourth-order valence-electron chi connectivity index (χ4n) is 3.20. The summed E-state index contributed by atoms with van der Waals surface area (Å²) in [4.78, 5) is 28.9. The number of hydrogen-bond acceptors (Lipinski definition) is 4. The summed E-state index contributed by atoms with van der Waals surface area (Å²) in [5.74, 6) is 0.987. The first-order valence-corrected chi connectivity index (χ1v) is 10.7. The highest BCUT2D eigenvalue weighted by Crippen LogP contribution is 2.21. The monoisotopic (exact) mass is 380 g/mol. The average Bonchev–Trinajstić information content (AvgIpc) is 2.96. The van der Waals surface area contributed by atoms with Crippen LogP contribution in [0.2, 0.25) is 0 Å². The van der Waals surface area contributed by atoms with E-state index < -0.39 is 0 Å². The molecular weight excluding hydrogens is 348 g/mol. The summed E-state index contributed by atoms with van der Waals surface area (Å²) in [6.45, 7) is 2.25. The zero-order valence-corrected chi connectivity index (χ0v) is 17.4. The molecule has 6 nitrogen and oxygen atoms in total. The first-order valence-electron chi connectivity index (χ1n) is 9.74. The van der Waals surface area contributed by atoms with Gasteiger partial charge in [0.25, 0.3) is 5.56 Å². The zero-order valence-electron chi connectivity index (χ0n) is 16.6. The molecule has 0 aliphatic rings. The molecule has 2 rings (SSSR count). The van der Waals surface area contributed by atoms with E-state index in [1.807, 2.05) is 11.6 Å². The van der Waals surface area contributed by atoms with Crippen LogP contribution in [0.15, 0.2) is 14.7 Å². The van der Waals surface area contributed by atoms with Gasteiger partial charge in [-0.2, -0.15) is 0 Å². The minimum atomic E-state index is -0.337. The fourth-order valence-corrected chi connectivity index (χ4v) is 4.17. The molecule has 2 aromatic rings. The largest absolute Gasteiger partial charge is 0.332 e. The Kier molecular flexibility index (Phi) is 8.00. The van der Waals surface area contributed by atoms with Gasteiger partial charge in [-0.15, -0.1) is 0 Å². The third-order valence-corrected chi connectivity index (χ3v) is 6.03. The van der Waals surface area contributed by atoms with Crippen LogP contribution in [0, 0.1) is 0 Å². The Balaban J connectivity index is 1.84. The van der Waals surface area contributed by atoms with Crippen LogP contribution in [-0.2, 0) is 21.1 Å². The van der Waals surface area contributed by atoms with Crippen LogP contribution in [-0.4, -0.2) is 24.4 Å². The quantitative estimate of drug-likeness (QED) is 0.441. The Bertz CT molecular complexity index is 835. The van der Waals surface area contributed by atoms with Crippen LogP contribution in [0.4, 0.5) is 0 Å². The lowest BCUT2D eigenvalue weighted by Gasteiger charge is -2.04. The van der Waals surface area contributed by atoms with Gasteiger partial charge in [-0.25, -0.2) is 9.78 Å². The maximum absolute atomic E-state index is 12.4. The maximum atomic E-state index is 12.4. The lowest BCUT2D eigenvalue weighted by molar-refractivity contribution is 0.573. The number of aromatic nitrogens is 4. The first-order chi connectivity index (χ1) is 12.5. The summed E-state index contributed by atoms with van der Waals surface area (Å²) in [7, 11) is 5.01. The molecule has 26 heavy (non-hydrogen) atoms. The van der Waals surface area contributed by atoms with E-state index in [0.717, 1.165) is 21.9 Å². The molecule has 2 aromatic heterocycles. The van der Waals surface area contributed by atoms with Crippen molar-refractivity contribution >= 4 is 22.9 Å². The van der Waals surface area contributed by atoms with Gasteiger partial charge in [-0.05, 0) is 6.42 Å². The van der Waals surface area contributed by atoms with E-state index in [-0.39, 0.29) is 11.2 Å². The zero-order chi connectivity index (χ0) is 19.1. The number of imidazole rings is 1. The van der Waals surface area contributed by atoms with E-state index >= 15 is 0 Å². The van der Waals surface area contributed by atoms with Crippen LogP contribution in [0.3, 0.4) is 0 Å². The molecule has 2 heterocycles. The second-order valence-corrected chi connectivity index (χ2v) is 8.07. The molecule has 0 aliphatic carbocycles. The van der Waals surface area contributed by atoms with Crippen molar-refractivity contribution in [2.75, 3.05) is 5.75 Å². The van der Waals surface area contributed by atoms with Gasteiger partial charge in [0.2, 0.25) is 0 Å². The molecule has 146 valence electrons. The Morgan fingerprint density at radius 1 is 0.808 bits per heavy atom. The smallest absolute Gasteiger partial charge is 0.316 e. The van der Waals surface area contributed by atoms with Gasteiger partial charge >= 0.3 is 5.69 Å². The highest BCUT2D eigenvalue weighted by atomic mass is 32.2. The predicted molar refractivity (Wildman–Crippen MR) is 109 cm³/mol. The summed E-state index contributed by atoms with van der Waals surface area (Å²) < 4.78 is 4.40. The molecular formula is C19H32N4O2S. The van der Waals surface area contributed by atoms with Crippen molar-refractivity contribution in [3.63, 3.8) is 0 Å². The van der Waals surface area contributed by atoms with E-state index in [2.05, 4.69) is 11.9 Å². The molecule has 0 aromatic carbocycles. The van der Waals surface area contributed by atoms with Gasteiger partial charge in [0.15, 0.2) is 16.3 Å². The minimum absolute atomic E-state index is 0.284. The third kappa shape index (κ3) is 4.81. The number of aryl methyl sites for hydroxylation is 2. The number of fused-ring (bicyclic) bond motifs is 1. The number of hydrogen-bond donors (Lipinski definition) is 0. The van der Waals surface area contributed by atoms with Crippen molar-refractivity contribution in [2.45, 2.75) is 69.9 Å². The van der Waals surface area contributed by atoms with E-state index in [1.54, 1.807) is 18.8 Å². The van der Waals surface area contributed by atoms with E-state index in [9.17, 15) is 9.59 Å². The Morgan fingerprint density at radius 2 is 1.38 bits per heavy atom. The van der Waals surface area contributed by atoms with Crippen LogP contribution >= 0.6 is 11.8 Å². The summed E-state index contributed by atoms with van der Waals surface area (Å²) in [5, 5.41) is 0.804. The number of rotatable bonds is 11. The summed E-state index contributed by atoms with van der Waals surface area (Å²) in [5.41, 5.74) is 0.337. The summed E-state index contributed by atoms with van der Waals surface area (Å²) >= 11 is 1.67. The van der Waals surface area contributed by atoms with Crippen molar-refractivity contribution in [2.24, 2.45) is 21.1 Å². The van der Waals surface area contributed by atoms with Crippen molar-refractivity contribution in [3.05, 3.63) is 20.8 Å². The molecule has 0 radical (unpaired) electrons. The molecule has 0 saturated heterocycles. The molecule has 0 atom stereocenters. The number of unbranched alkanes of at least 4 members (excludes halogenated alkanes) is 8. The average molecular weight is 381 g/mol. The Morgan fingerprint density at radius 3 is 2.00 bits per heavy atom. The Labute approximate surface area is 159 Å². The highest BCUT2D eigenvalue weighted by molar-refractivity contribution is 7.99. The molecule has 0 N–H and O–H groups in total. The van der Waals surface area contributed by atoms with Gasteiger partial charge in [0, 0.05) is 26.9 Å². The number of thioether (sulfide) groups is 1. The Hall–Kier alpha value is -1.50. The molecule has 0 saturated carbocycles. The van der Waals surface area contributed by atoms with Crippen molar-refractivity contribution in [1.82, 2.24) is 18.7 Å². The molecule has 0 unspecified atom stereocenters. The standard InChI is InChI=1S/C19H32N4O2S/c1-5-6-7-8-9-10-11-12-13-14-26-18-20-16-15(21(18)2)17(24)23(4)19(25)22(16)3/h5-14H2,1-4H3. The van der Waals surface area contributed by atoms with Gasteiger partial charge in [0.05, 0.1) is 0 Å². The maximum Gasteiger partial charge on any atom is 0.332 e. The fraction of sp³-hybridized carbons (Fsp3) is 0.737. The SMILES string of the molecule is CCCCCCCCCCCSc1nc2c(c(=O)n(C)c(=O)n2C)n1C. The minimum Gasteiger partial charge on any atom is -0.316 e. The second-order valence-electron chi connectivity index (χ2n) is 7.01. The van der Waals surface area contributed by atoms with Crippen molar-refractivity contribution < 1.29 is 0 Å². The van der Waals surface area contributed by atoms with Gasteiger partial charge in [-0.3, -0.25) is 13.9 Å². The van der Waals surface area contributed by atoms with Crippen LogP contribution in [0.1, 0.15) is 64.7 Å². The van der Waals surface area contributed by atoms with E-state index in [4.69, 9.17) is 0 Å². The van der Waals surface area contributed by atoms with Gasteiger partial charge < -0.3 is 4.57 Å². The lowest BCUT2D eigenvalue weighted by atomic mass is 10.1. The molecule has 0 aliphatic heterocycles. The second kappa shape index (κ2) is 10.00. The molecule has 0 fully saturated rings. The van der Waals surface area contributed by atoms with Crippen molar-refractivity contribution in [1.29, 1.82) is 0 Å². The molecule has 0 spiro atoms. The highest BCUT2D eigenvalue weighted by Gasteiger charge is 2.16. The van der Waals surface area contributed by atoms with Gasteiger partial charge in [-0.1, -0.05) is 70.1 Å². The first kappa shape index (κ1) is 20.8. The van der Waals surface area contributed by atoms with Crippen molar-refractivity contribution in [3.8, 4) is 0 Å². The topological polar surface area (TPSA) is 61.8 Å². The van der Waals surface area contributed by atoms with E-state index in [0.29, 0.717) is 11.2 Å². The van der Waals surface area contributed by atoms with Crippen LogP contribution < -0.4 is 11.2 Å². The van der Waals surface area contributed by atoms with Crippen LogP contribution in [0.25, 0.3) is 11.2 Å².